The Morgan fingerprint density at radius 3 is 2.70 bits per heavy atom. The number of carbonyl (C=O) groups excluding carboxylic acids is 2. The van der Waals surface area contributed by atoms with Crippen LogP contribution in [0.3, 0.4) is 0 Å². The third-order valence-corrected chi connectivity index (χ3v) is 2.53. The van der Waals surface area contributed by atoms with Gasteiger partial charge in [0.2, 0.25) is 0 Å². The molecule has 0 aromatic carbocycles. The Kier molecular flexibility index (Phi) is 6.28. The molecule has 0 radical (unpaired) electrons. The van der Waals surface area contributed by atoms with Gasteiger partial charge in [-0.05, 0) is 25.0 Å². The predicted octanol–water partition coefficient (Wildman–Crippen LogP) is 1.61. The fourth-order valence-electron chi connectivity index (χ4n) is 1.41. The van der Waals surface area contributed by atoms with Crippen molar-refractivity contribution in [3.8, 4) is 11.6 Å². The molecule has 7 nitrogen and oxygen atoms in total. The van der Waals surface area contributed by atoms with Gasteiger partial charge in [-0.2, -0.15) is 0 Å². The second kappa shape index (κ2) is 7.98. The van der Waals surface area contributed by atoms with Gasteiger partial charge in [-0.15, -0.1) is 0 Å². The van der Waals surface area contributed by atoms with E-state index >= 15 is 0 Å². The van der Waals surface area contributed by atoms with E-state index in [0.717, 1.165) is 0 Å². The number of nitrogens with zero attached hydrogens (tertiary/aromatic N) is 1. The molecule has 0 bridgehead atoms. The number of hydrogen-bond acceptors (Lipinski definition) is 6. The largest absolute Gasteiger partial charge is 0.503 e. The van der Waals surface area contributed by atoms with E-state index in [2.05, 4.69) is 10.3 Å². The quantitative estimate of drug-likeness (QED) is 0.769. The van der Waals surface area contributed by atoms with Crippen LogP contribution < -0.4 is 10.1 Å². The van der Waals surface area contributed by atoms with Crippen molar-refractivity contribution in [2.24, 2.45) is 0 Å². The lowest BCUT2D eigenvalue weighted by molar-refractivity contribution is -0.148. The molecule has 7 heteroatoms. The summed E-state index contributed by atoms with van der Waals surface area (Å²) >= 11 is 0. The van der Waals surface area contributed by atoms with E-state index in [1.807, 2.05) is 13.8 Å². The smallest absolute Gasteiger partial charge is 0.414 e. The average Bonchev–Trinajstić information content (AvgIpc) is 2.45. The lowest BCUT2D eigenvalue weighted by Gasteiger charge is -2.14. The Morgan fingerprint density at radius 2 is 2.10 bits per heavy atom. The van der Waals surface area contributed by atoms with Crippen LogP contribution in [0.25, 0.3) is 0 Å². The number of esters is 1. The number of hydrogen-bond donors (Lipinski definition) is 2. The standard InChI is InChI=1S/C13H18N2O5/c1-3-9(4-2)19-11(17)8-15-13(18)20-12-10(16)6-5-7-14-12/h5-7,9,16H,3-4,8H2,1-2H3,(H,15,18). The van der Waals surface area contributed by atoms with Crippen LogP contribution in [0.4, 0.5) is 4.79 Å². The van der Waals surface area contributed by atoms with E-state index in [1.54, 1.807) is 0 Å². The van der Waals surface area contributed by atoms with Crippen LogP contribution in [0.2, 0.25) is 0 Å². The first-order valence-electron chi connectivity index (χ1n) is 6.35. The van der Waals surface area contributed by atoms with E-state index in [1.165, 1.54) is 18.3 Å². The molecule has 0 atom stereocenters. The van der Waals surface area contributed by atoms with Gasteiger partial charge in [0.05, 0.1) is 0 Å². The molecule has 0 aliphatic heterocycles. The molecule has 0 aliphatic rings. The molecule has 0 spiro atoms. The van der Waals surface area contributed by atoms with Gasteiger partial charge in [0, 0.05) is 6.20 Å². The number of rotatable bonds is 6. The van der Waals surface area contributed by atoms with E-state index in [9.17, 15) is 14.7 Å². The minimum atomic E-state index is -0.888. The third-order valence-electron chi connectivity index (χ3n) is 2.53. The minimum absolute atomic E-state index is 0.153. The van der Waals surface area contributed by atoms with Crippen molar-refractivity contribution >= 4 is 12.1 Å². The first kappa shape index (κ1) is 15.7. The predicted molar refractivity (Wildman–Crippen MR) is 70.4 cm³/mol. The molecular weight excluding hydrogens is 264 g/mol. The fraction of sp³-hybridized carbons (Fsp3) is 0.462. The topological polar surface area (TPSA) is 97.8 Å². The summed E-state index contributed by atoms with van der Waals surface area (Å²) < 4.78 is 9.83. The highest BCUT2D eigenvalue weighted by Crippen LogP contribution is 2.20. The normalized spacial score (nSPS) is 10.2. The first-order chi connectivity index (χ1) is 9.56. The molecule has 1 amide bonds. The number of nitrogens with one attached hydrogen (secondary N) is 1. The lowest BCUT2D eigenvalue weighted by Crippen LogP contribution is -2.34. The molecule has 20 heavy (non-hydrogen) atoms. The van der Waals surface area contributed by atoms with Crippen molar-refractivity contribution in [2.45, 2.75) is 32.8 Å². The average molecular weight is 282 g/mol. The van der Waals surface area contributed by atoms with Gasteiger partial charge in [0.15, 0.2) is 5.75 Å². The molecule has 2 N–H and O–H groups in total. The summed E-state index contributed by atoms with van der Waals surface area (Å²) in [5.74, 6) is -1.03. The van der Waals surface area contributed by atoms with Gasteiger partial charge in [-0.3, -0.25) is 4.79 Å². The van der Waals surface area contributed by atoms with E-state index in [4.69, 9.17) is 9.47 Å². The number of aromatic hydroxyl groups is 1. The SMILES string of the molecule is CCC(CC)OC(=O)CNC(=O)Oc1ncccc1O. The van der Waals surface area contributed by atoms with Gasteiger partial charge in [0.1, 0.15) is 12.6 Å². The molecule has 1 aromatic heterocycles. The maximum Gasteiger partial charge on any atom is 0.414 e. The van der Waals surface area contributed by atoms with Crippen LogP contribution in [0.5, 0.6) is 11.6 Å². The number of aromatic nitrogens is 1. The minimum Gasteiger partial charge on any atom is -0.503 e. The third kappa shape index (κ3) is 5.13. The molecule has 110 valence electrons. The zero-order valence-electron chi connectivity index (χ0n) is 11.5. The van der Waals surface area contributed by atoms with Gasteiger partial charge in [0.25, 0.3) is 5.88 Å². The van der Waals surface area contributed by atoms with Crippen molar-refractivity contribution in [2.75, 3.05) is 6.54 Å². The van der Waals surface area contributed by atoms with Crippen molar-refractivity contribution in [3.63, 3.8) is 0 Å². The summed E-state index contributed by atoms with van der Waals surface area (Å²) in [7, 11) is 0. The van der Waals surface area contributed by atoms with Crippen LogP contribution in [0, 0.1) is 0 Å². The maximum atomic E-state index is 11.4. The zero-order valence-corrected chi connectivity index (χ0v) is 11.5. The highest BCUT2D eigenvalue weighted by molar-refractivity contribution is 5.79. The van der Waals surface area contributed by atoms with Crippen molar-refractivity contribution in [3.05, 3.63) is 18.3 Å². The second-order valence-corrected chi connectivity index (χ2v) is 4.00. The number of amides is 1. The van der Waals surface area contributed by atoms with Crippen LogP contribution in [0.15, 0.2) is 18.3 Å². The molecular formula is C13H18N2O5. The Hall–Kier alpha value is -2.31. The Morgan fingerprint density at radius 1 is 1.40 bits per heavy atom. The molecule has 1 aromatic rings. The molecule has 0 aliphatic carbocycles. The first-order valence-corrected chi connectivity index (χ1v) is 6.35. The monoisotopic (exact) mass is 282 g/mol. The second-order valence-electron chi connectivity index (χ2n) is 4.00. The highest BCUT2D eigenvalue weighted by Gasteiger charge is 2.14. The van der Waals surface area contributed by atoms with Crippen LogP contribution in [0.1, 0.15) is 26.7 Å². The summed E-state index contributed by atoms with van der Waals surface area (Å²) in [5, 5.41) is 11.6. The molecule has 1 rings (SSSR count). The van der Waals surface area contributed by atoms with Gasteiger partial charge < -0.3 is 19.9 Å². The van der Waals surface area contributed by atoms with Crippen LogP contribution in [-0.2, 0) is 9.53 Å². The van der Waals surface area contributed by atoms with Crippen LogP contribution in [-0.4, -0.2) is 34.8 Å². The summed E-state index contributed by atoms with van der Waals surface area (Å²) in [6.07, 6.45) is 1.76. The molecule has 0 unspecified atom stereocenters. The summed E-state index contributed by atoms with van der Waals surface area (Å²) in [4.78, 5) is 26.5. The fourth-order valence-corrected chi connectivity index (χ4v) is 1.41. The van der Waals surface area contributed by atoms with Crippen LogP contribution >= 0.6 is 0 Å². The summed E-state index contributed by atoms with van der Waals surface area (Å²) in [5.41, 5.74) is 0. The molecule has 0 saturated carbocycles. The highest BCUT2D eigenvalue weighted by atomic mass is 16.6. The number of pyridine rings is 1. The summed E-state index contributed by atoms with van der Waals surface area (Å²) in [6, 6.07) is 2.82. The number of carbonyl (C=O) groups is 2. The van der Waals surface area contributed by atoms with E-state index < -0.39 is 12.1 Å². The van der Waals surface area contributed by atoms with Crippen molar-refractivity contribution < 1.29 is 24.2 Å². The molecule has 0 saturated heterocycles. The Balaban J connectivity index is 2.37. The zero-order chi connectivity index (χ0) is 15.0. The van der Waals surface area contributed by atoms with Gasteiger partial charge in [-0.25, -0.2) is 9.78 Å². The van der Waals surface area contributed by atoms with E-state index in [-0.39, 0.29) is 24.3 Å². The van der Waals surface area contributed by atoms with Crippen molar-refractivity contribution in [1.82, 2.24) is 10.3 Å². The molecule has 0 fully saturated rings. The molecule has 1 heterocycles. The van der Waals surface area contributed by atoms with Crippen molar-refractivity contribution in [1.29, 1.82) is 0 Å². The van der Waals surface area contributed by atoms with E-state index in [0.29, 0.717) is 12.8 Å². The summed E-state index contributed by atoms with van der Waals surface area (Å²) in [6.45, 7) is 3.52. The Bertz CT molecular complexity index is 460. The maximum absolute atomic E-state index is 11.4. The Labute approximate surface area is 116 Å². The van der Waals surface area contributed by atoms with Gasteiger partial charge in [-0.1, -0.05) is 13.8 Å². The number of ether oxygens (including phenoxy) is 2. The van der Waals surface area contributed by atoms with Gasteiger partial charge >= 0.3 is 12.1 Å². The lowest BCUT2D eigenvalue weighted by atomic mass is 10.2.